The lowest BCUT2D eigenvalue weighted by molar-refractivity contribution is 0.0977. The number of carbonyl (C=O) groups is 2. The first-order valence-electron chi connectivity index (χ1n) is 9.23. The number of benzene rings is 4. The zero-order chi connectivity index (χ0) is 20.8. The molecule has 0 aromatic heterocycles. The number of azo groups is 1. The second-order valence-electron chi connectivity index (χ2n) is 6.91. The van der Waals surface area contributed by atoms with E-state index in [1.165, 1.54) is 12.1 Å². The van der Waals surface area contributed by atoms with Crippen LogP contribution in [0, 0.1) is 0 Å². The molecule has 0 saturated carbocycles. The van der Waals surface area contributed by atoms with Crippen LogP contribution in [0.5, 0.6) is 11.5 Å². The molecule has 1 aliphatic rings. The predicted octanol–water partition coefficient (Wildman–Crippen LogP) is 5.44. The maximum Gasteiger partial charge on any atom is 0.198 e. The van der Waals surface area contributed by atoms with Crippen LogP contribution in [0.15, 0.2) is 83.0 Å². The van der Waals surface area contributed by atoms with Gasteiger partial charge < -0.3 is 10.2 Å². The molecule has 0 aliphatic heterocycles. The third kappa shape index (κ3) is 2.58. The number of fused-ring (bicyclic) bond motifs is 3. The van der Waals surface area contributed by atoms with Crippen LogP contribution in [-0.2, 0) is 0 Å². The number of carbonyl (C=O) groups excluding carboxylic acids is 2. The van der Waals surface area contributed by atoms with E-state index < -0.39 is 11.5 Å². The van der Waals surface area contributed by atoms with E-state index >= 15 is 0 Å². The smallest absolute Gasteiger partial charge is 0.198 e. The topological polar surface area (TPSA) is 99.3 Å². The quantitative estimate of drug-likeness (QED) is 0.389. The van der Waals surface area contributed by atoms with Gasteiger partial charge in [0.25, 0.3) is 0 Å². The molecule has 0 spiro atoms. The Balaban J connectivity index is 1.59. The number of phenolic OH excluding ortho intramolecular Hbond substituents is 2. The van der Waals surface area contributed by atoms with Crippen molar-refractivity contribution < 1.29 is 19.8 Å². The van der Waals surface area contributed by atoms with E-state index in [0.29, 0.717) is 10.9 Å². The van der Waals surface area contributed by atoms with Crippen LogP contribution >= 0.6 is 0 Å². The fourth-order valence-electron chi connectivity index (χ4n) is 3.67. The van der Waals surface area contributed by atoms with Gasteiger partial charge in [-0.15, -0.1) is 10.2 Å². The summed E-state index contributed by atoms with van der Waals surface area (Å²) in [5.41, 5.74) is 0.846. The van der Waals surface area contributed by atoms with Crippen LogP contribution in [0.3, 0.4) is 0 Å². The van der Waals surface area contributed by atoms with Gasteiger partial charge in [0, 0.05) is 22.1 Å². The number of phenols is 2. The van der Waals surface area contributed by atoms with Gasteiger partial charge in [-0.1, -0.05) is 54.6 Å². The second-order valence-corrected chi connectivity index (χ2v) is 6.91. The van der Waals surface area contributed by atoms with Gasteiger partial charge in [-0.25, -0.2) is 0 Å². The van der Waals surface area contributed by atoms with Crippen molar-refractivity contribution in [3.8, 4) is 11.5 Å². The molecule has 0 amide bonds. The van der Waals surface area contributed by atoms with E-state index in [-0.39, 0.29) is 39.6 Å². The monoisotopic (exact) mass is 394 g/mol. The van der Waals surface area contributed by atoms with E-state index in [0.717, 1.165) is 5.39 Å². The third-order valence-electron chi connectivity index (χ3n) is 5.19. The van der Waals surface area contributed by atoms with Crippen molar-refractivity contribution in [2.45, 2.75) is 0 Å². The molecule has 0 bridgehead atoms. The molecule has 30 heavy (non-hydrogen) atoms. The van der Waals surface area contributed by atoms with Gasteiger partial charge in [-0.05, 0) is 23.6 Å². The SMILES string of the molecule is O=C1c2ccccc2C(=O)c2c1ccc(N=Nc1ccc3ccccc3c1O)c2O. The van der Waals surface area contributed by atoms with Gasteiger partial charge in [-0.3, -0.25) is 9.59 Å². The Hall–Kier alpha value is -4.32. The van der Waals surface area contributed by atoms with Gasteiger partial charge in [0.1, 0.15) is 11.4 Å². The fourth-order valence-corrected chi connectivity index (χ4v) is 3.67. The predicted molar refractivity (Wildman–Crippen MR) is 111 cm³/mol. The van der Waals surface area contributed by atoms with Crippen LogP contribution < -0.4 is 0 Å². The molecule has 0 heterocycles. The van der Waals surface area contributed by atoms with E-state index in [1.807, 2.05) is 12.1 Å². The molecule has 4 aromatic carbocycles. The summed E-state index contributed by atoms with van der Waals surface area (Å²) in [4.78, 5) is 25.6. The van der Waals surface area contributed by atoms with Crippen LogP contribution in [-0.4, -0.2) is 21.8 Å². The molecule has 4 aromatic rings. The lowest BCUT2D eigenvalue weighted by Gasteiger charge is -2.18. The zero-order valence-electron chi connectivity index (χ0n) is 15.5. The highest BCUT2D eigenvalue weighted by atomic mass is 16.3. The van der Waals surface area contributed by atoms with E-state index in [9.17, 15) is 19.8 Å². The van der Waals surface area contributed by atoms with Crippen molar-refractivity contribution in [3.63, 3.8) is 0 Å². The Labute approximate surface area is 170 Å². The molecule has 2 N–H and O–H groups in total. The Morgan fingerprint density at radius 2 is 1.17 bits per heavy atom. The number of hydrogen-bond acceptors (Lipinski definition) is 6. The highest BCUT2D eigenvalue weighted by Gasteiger charge is 2.32. The summed E-state index contributed by atoms with van der Waals surface area (Å²) in [6.07, 6.45) is 0. The summed E-state index contributed by atoms with van der Waals surface area (Å²) in [5, 5.41) is 30.7. The number of hydrogen-bond donors (Lipinski definition) is 2. The maximum atomic E-state index is 12.9. The summed E-state index contributed by atoms with van der Waals surface area (Å²) >= 11 is 0. The third-order valence-corrected chi connectivity index (χ3v) is 5.19. The molecular weight excluding hydrogens is 380 g/mol. The normalized spacial score (nSPS) is 12.9. The Morgan fingerprint density at radius 3 is 1.93 bits per heavy atom. The van der Waals surface area contributed by atoms with Crippen LogP contribution in [0.2, 0.25) is 0 Å². The van der Waals surface area contributed by atoms with Crippen molar-refractivity contribution in [3.05, 3.63) is 95.1 Å². The number of rotatable bonds is 2. The molecule has 0 unspecified atom stereocenters. The van der Waals surface area contributed by atoms with E-state index in [1.54, 1.807) is 48.5 Å². The first kappa shape index (κ1) is 17.8. The lowest BCUT2D eigenvalue weighted by Crippen LogP contribution is -2.20. The maximum absolute atomic E-state index is 12.9. The first-order valence-corrected chi connectivity index (χ1v) is 9.23. The average molecular weight is 394 g/mol. The largest absolute Gasteiger partial charge is 0.505 e. The van der Waals surface area contributed by atoms with Gasteiger partial charge in [0.2, 0.25) is 0 Å². The molecule has 5 rings (SSSR count). The zero-order valence-corrected chi connectivity index (χ0v) is 15.5. The van der Waals surface area contributed by atoms with Crippen LogP contribution in [0.4, 0.5) is 11.4 Å². The second kappa shape index (κ2) is 6.63. The minimum absolute atomic E-state index is 0.0295. The number of ketones is 2. The standard InChI is InChI=1S/C24H14N2O4/c27-21-15-7-3-4-8-16(15)23(29)20-17(21)10-12-19(24(20)30)26-25-18-11-9-13-5-1-2-6-14(13)22(18)28/h1-12,28,30H. The number of nitrogens with zero attached hydrogens (tertiary/aromatic N) is 2. The summed E-state index contributed by atoms with van der Waals surface area (Å²) < 4.78 is 0. The minimum Gasteiger partial charge on any atom is -0.505 e. The summed E-state index contributed by atoms with van der Waals surface area (Å²) in [7, 11) is 0. The summed E-state index contributed by atoms with van der Waals surface area (Å²) in [6.45, 7) is 0. The molecule has 0 atom stereocenters. The molecule has 6 nitrogen and oxygen atoms in total. The summed E-state index contributed by atoms with van der Waals surface area (Å²) in [5.74, 6) is -1.21. The Kier molecular flexibility index (Phi) is 3.93. The van der Waals surface area contributed by atoms with Crippen LogP contribution in [0.25, 0.3) is 10.8 Å². The molecule has 6 heteroatoms. The van der Waals surface area contributed by atoms with Gasteiger partial charge in [0.05, 0.1) is 5.56 Å². The van der Waals surface area contributed by atoms with Gasteiger partial charge in [0.15, 0.2) is 23.1 Å². The van der Waals surface area contributed by atoms with Crippen molar-refractivity contribution in [1.82, 2.24) is 0 Å². The van der Waals surface area contributed by atoms with Crippen molar-refractivity contribution in [2.75, 3.05) is 0 Å². The highest BCUT2D eigenvalue weighted by Crippen LogP contribution is 2.40. The molecule has 0 radical (unpaired) electrons. The lowest BCUT2D eigenvalue weighted by atomic mass is 9.83. The Morgan fingerprint density at radius 1 is 0.567 bits per heavy atom. The number of aromatic hydroxyl groups is 2. The summed E-state index contributed by atoms with van der Waals surface area (Å²) in [6, 6.07) is 20.1. The Bertz CT molecular complexity index is 1410. The van der Waals surface area contributed by atoms with Crippen LogP contribution in [0.1, 0.15) is 31.8 Å². The van der Waals surface area contributed by atoms with Crippen molar-refractivity contribution >= 4 is 33.7 Å². The molecule has 0 saturated heterocycles. The first-order chi connectivity index (χ1) is 14.6. The van der Waals surface area contributed by atoms with E-state index in [2.05, 4.69) is 10.2 Å². The van der Waals surface area contributed by atoms with Gasteiger partial charge >= 0.3 is 0 Å². The molecule has 1 aliphatic carbocycles. The molecule has 0 fully saturated rings. The molecule has 144 valence electrons. The van der Waals surface area contributed by atoms with Crippen molar-refractivity contribution in [1.29, 1.82) is 0 Å². The fraction of sp³-hybridized carbons (Fsp3) is 0. The van der Waals surface area contributed by atoms with E-state index in [4.69, 9.17) is 0 Å². The van der Waals surface area contributed by atoms with Crippen molar-refractivity contribution in [2.24, 2.45) is 10.2 Å². The molecular formula is C24H14N2O4. The minimum atomic E-state index is -0.441. The highest BCUT2D eigenvalue weighted by molar-refractivity contribution is 6.29. The van der Waals surface area contributed by atoms with Gasteiger partial charge in [-0.2, -0.15) is 0 Å². The average Bonchev–Trinajstić information content (AvgIpc) is 2.78.